The van der Waals surface area contributed by atoms with Gasteiger partial charge in [-0.25, -0.2) is 0 Å². The summed E-state index contributed by atoms with van der Waals surface area (Å²) in [5, 5.41) is 0. The van der Waals surface area contributed by atoms with E-state index in [1.807, 2.05) is 0 Å². The topological polar surface area (TPSA) is 34.1 Å². The first-order chi connectivity index (χ1) is 5.13. The maximum absolute atomic E-state index is 11.0. The Morgan fingerprint density at radius 3 is 2.36 bits per heavy atom. The Balaban J connectivity index is 2.65. The highest BCUT2D eigenvalue weighted by molar-refractivity contribution is 6.93. The number of Topliss-reactive ketones (excluding diaryl/α,β-unsaturated/α-hetero) is 1. The van der Waals surface area contributed by atoms with Crippen molar-refractivity contribution in [1.29, 1.82) is 0 Å². The molecule has 0 aliphatic carbocycles. The van der Waals surface area contributed by atoms with Gasteiger partial charge >= 0.3 is 0 Å². The lowest BCUT2D eigenvalue weighted by Crippen LogP contribution is -2.28. The lowest BCUT2D eigenvalue weighted by Gasteiger charge is -2.08. The van der Waals surface area contributed by atoms with Gasteiger partial charge in [-0.3, -0.25) is 0 Å². The second-order valence-electron chi connectivity index (χ2n) is 3.37. The van der Waals surface area contributed by atoms with Crippen molar-refractivity contribution in [3.63, 3.8) is 0 Å². The molecule has 0 amide bonds. The summed E-state index contributed by atoms with van der Waals surface area (Å²) < 4.78 is 0. The fourth-order valence-corrected chi connectivity index (χ4v) is 1.93. The molecular formula is C8H13BO2. The summed E-state index contributed by atoms with van der Waals surface area (Å²) in [4.78, 5) is 22.0. The molecule has 1 atom stereocenters. The van der Waals surface area contributed by atoms with Gasteiger partial charge in [-0.15, -0.1) is 0 Å². The average Bonchev–Trinajstić information content (AvgIpc) is 2.32. The summed E-state index contributed by atoms with van der Waals surface area (Å²) in [6.45, 7) is 3.21. The summed E-state index contributed by atoms with van der Waals surface area (Å²) in [6, 6.07) is 0. The van der Waals surface area contributed by atoms with E-state index in [1.165, 1.54) is 0 Å². The number of carbonyl (C=O) groups is 2. The highest BCUT2D eigenvalue weighted by Crippen LogP contribution is 2.31. The molecule has 0 N–H and O–H groups in total. The molecule has 3 heteroatoms. The van der Waals surface area contributed by atoms with Crippen molar-refractivity contribution in [2.45, 2.75) is 38.8 Å². The molecule has 0 aromatic heterocycles. The third-order valence-corrected chi connectivity index (χ3v) is 2.56. The minimum absolute atomic E-state index is 0.0347. The van der Waals surface area contributed by atoms with E-state index >= 15 is 0 Å². The third-order valence-electron chi connectivity index (χ3n) is 2.56. The molecule has 1 heterocycles. The number of ketones is 1. The minimum Gasteiger partial charge on any atom is -0.311 e. The summed E-state index contributed by atoms with van der Waals surface area (Å²) in [5.74, 6) is 0.218. The van der Waals surface area contributed by atoms with E-state index in [1.54, 1.807) is 13.8 Å². The van der Waals surface area contributed by atoms with Crippen LogP contribution >= 0.6 is 0 Å². The molecule has 11 heavy (non-hydrogen) atoms. The van der Waals surface area contributed by atoms with Gasteiger partial charge in [0.25, 0.3) is 0 Å². The van der Waals surface area contributed by atoms with Crippen LogP contribution in [0, 0.1) is 0 Å². The van der Waals surface area contributed by atoms with Crippen LogP contribution < -0.4 is 0 Å². The molecule has 1 unspecified atom stereocenters. The summed E-state index contributed by atoms with van der Waals surface area (Å²) in [6.07, 6.45) is 2.87. The zero-order valence-corrected chi connectivity index (χ0v) is 7.09. The minimum atomic E-state index is 0.0347. The maximum Gasteiger partial charge on any atom is 0.233 e. The van der Waals surface area contributed by atoms with Crippen LogP contribution in [0.4, 0.5) is 0 Å². The maximum atomic E-state index is 11.0. The molecule has 1 aliphatic rings. The normalized spacial score (nSPS) is 23.8. The largest absolute Gasteiger partial charge is 0.311 e. The summed E-state index contributed by atoms with van der Waals surface area (Å²) >= 11 is 0. The molecule has 0 radical (unpaired) electrons. The van der Waals surface area contributed by atoms with Crippen molar-refractivity contribution in [2.24, 2.45) is 0 Å². The van der Waals surface area contributed by atoms with Crippen molar-refractivity contribution in [3.05, 3.63) is 0 Å². The zero-order chi connectivity index (χ0) is 8.43. The molecule has 2 nitrogen and oxygen atoms in total. The van der Waals surface area contributed by atoms with E-state index in [0.717, 1.165) is 19.2 Å². The van der Waals surface area contributed by atoms with E-state index in [0.29, 0.717) is 0 Å². The molecule has 0 aromatic rings. The van der Waals surface area contributed by atoms with Gasteiger partial charge in [-0.1, -0.05) is 19.2 Å². The molecule has 0 bridgehead atoms. The first-order valence-corrected chi connectivity index (χ1v) is 4.14. The first kappa shape index (κ1) is 8.50. The van der Waals surface area contributed by atoms with Crippen LogP contribution in [0.15, 0.2) is 0 Å². The van der Waals surface area contributed by atoms with Gasteiger partial charge in [0.15, 0.2) is 0 Å². The Morgan fingerprint density at radius 1 is 1.36 bits per heavy atom. The van der Waals surface area contributed by atoms with E-state index in [9.17, 15) is 9.59 Å². The number of hydrogen-bond donors (Lipinski definition) is 0. The molecule has 0 aromatic carbocycles. The quantitative estimate of drug-likeness (QED) is 0.559. The lowest BCUT2D eigenvalue weighted by atomic mass is 9.39. The predicted octanol–water partition coefficient (Wildman–Crippen LogP) is 1.36. The summed E-state index contributed by atoms with van der Waals surface area (Å²) in [5.41, 5.74) is 0.183. The molecule has 60 valence electrons. The molecule has 0 saturated carbocycles. The van der Waals surface area contributed by atoms with Crippen LogP contribution in [0.2, 0.25) is 12.1 Å². The molecule has 1 rings (SSSR count). The van der Waals surface area contributed by atoms with Gasteiger partial charge in [0.1, 0.15) is 5.78 Å². The number of carbonyl (C=O) groups excluding carboxylic acids is 2. The van der Waals surface area contributed by atoms with Crippen LogP contribution in [-0.2, 0) is 9.59 Å². The van der Waals surface area contributed by atoms with Gasteiger partial charge in [-0.2, -0.15) is 0 Å². The van der Waals surface area contributed by atoms with Gasteiger partial charge < -0.3 is 9.59 Å². The van der Waals surface area contributed by atoms with Gasteiger partial charge in [0.05, 0.1) is 5.68 Å². The molecule has 1 saturated heterocycles. The SMILES string of the molecule is CC(=O)B1CCCC1C(C)=O. The second kappa shape index (κ2) is 3.20. The standard InChI is InChI=1S/C8H13BO2/c1-6(10)8-4-3-5-9(8)7(2)11/h8H,3-5H2,1-2H3. The Kier molecular flexibility index (Phi) is 2.47. The highest BCUT2D eigenvalue weighted by Gasteiger charge is 2.37. The zero-order valence-electron chi connectivity index (χ0n) is 7.09. The van der Waals surface area contributed by atoms with Crippen LogP contribution in [0.25, 0.3) is 0 Å². The van der Waals surface area contributed by atoms with Crippen molar-refractivity contribution < 1.29 is 9.59 Å². The second-order valence-corrected chi connectivity index (χ2v) is 3.37. The van der Waals surface area contributed by atoms with E-state index in [2.05, 4.69) is 0 Å². The fourth-order valence-electron chi connectivity index (χ4n) is 1.93. The lowest BCUT2D eigenvalue weighted by molar-refractivity contribution is -0.117. The van der Waals surface area contributed by atoms with Gasteiger partial charge in [0.2, 0.25) is 6.71 Å². The van der Waals surface area contributed by atoms with Crippen molar-refractivity contribution >= 4 is 18.2 Å². The fraction of sp³-hybridized carbons (Fsp3) is 0.750. The van der Waals surface area contributed by atoms with Crippen molar-refractivity contribution in [2.75, 3.05) is 0 Å². The van der Waals surface area contributed by atoms with Crippen molar-refractivity contribution in [3.8, 4) is 0 Å². The first-order valence-electron chi connectivity index (χ1n) is 4.14. The highest BCUT2D eigenvalue weighted by atomic mass is 16.1. The van der Waals surface area contributed by atoms with Gasteiger partial charge in [-0.05, 0) is 13.8 Å². The van der Waals surface area contributed by atoms with Gasteiger partial charge in [0, 0.05) is 5.82 Å². The molecular weight excluding hydrogens is 139 g/mol. The molecule has 1 fully saturated rings. The Labute approximate surface area is 67.4 Å². The van der Waals surface area contributed by atoms with Crippen LogP contribution in [0.1, 0.15) is 26.7 Å². The van der Waals surface area contributed by atoms with Crippen LogP contribution in [-0.4, -0.2) is 18.2 Å². The van der Waals surface area contributed by atoms with Crippen molar-refractivity contribution in [1.82, 2.24) is 0 Å². The Bertz CT molecular complexity index is 169. The summed E-state index contributed by atoms with van der Waals surface area (Å²) in [7, 11) is 0. The Hall–Kier alpha value is -0.595. The third kappa shape index (κ3) is 1.70. The van der Waals surface area contributed by atoms with Crippen LogP contribution in [0.5, 0.6) is 0 Å². The van der Waals surface area contributed by atoms with E-state index < -0.39 is 0 Å². The number of hydrogen-bond acceptors (Lipinski definition) is 2. The molecule has 1 aliphatic heterocycles. The molecule has 0 spiro atoms. The monoisotopic (exact) mass is 152 g/mol. The predicted molar refractivity (Wildman–Crippen MR) is 44.9 cm³/mol. The van der Waals surface area contributed by atoms with Crippen LogP contribution in [0.3, 0.4) is 0 Å². The van der Waals surface area contributed by atoms with E-state index in [-0.39, 0.29) is 24.0 Å². The number of rotatable bonds is 2. The Morgan fingerprint density at radius 2 is 2.00 bits per heavy atom. The van der Waals surface area contributed by atoms with E-state index in [4.69, 9.17) is 0 Å². The smallest absolute Gasteiger partial charge is 0.233 e. The average molecular weight is 152 g/mol.